The second-order valence-electron chi connectivity index (χ2n) is 5.48. The molecule has 0 saturated carbocycles. The molecule has 0 aliphatic carbocycles. The van der Waals surface area contributed by atoms with Crippen molar-refractivity contribution >= 4 is 33.2 Å². The number of halogens is 1. The van der Waals surface area contributed by atoms with E-state index in [0.717, 1.165) is 23.5 Å². The average molecular weight is 418 g/mol. The molecule has 0 fully saturated rings. The third kappa shape index (κ3) is 5.17. The molecule has 0 bridgehead atoms. The highest BCUT2D eigenvalue weighted by Crippen LogP contribution is 2.19. The van der Waals surface area contributed by atoms with Crippen molar-refractivity contribution in [2.75, 3.05) is 7.05 Å². The van der Waals surface area contributed by atoms with Gasteiger partial charge >= 0.3 is 0 Å². The van der Waals surface area contributed by atoms with Crippen molar-refractivity contribution in [2.24, 2.45) is 4.99 Å². The largest absolute Gasteiger partial charge is 0.352 e. The van der Waals surface area contributed by atoms with Gasteiger partial charge in [0, 0.05) is 40.7 Å². The molecule has 2 heterocycles. The summed E-state index contributed by atoms with van der Waals surface area (Å²) in [6, 6.07) is 12.4. The van der Waals surface area contributed by atoms with Gasteiger partial charge in [-0.2, -0.15) is 5.10 Å². The van der Waals surface area contributed by atoms with E-state index in [4.69, 9.17) is 0 Å². The Hall–Kier alpha value is -2.12. The van der Waals surface area contributed by atoms with Crippen LogP contribution in [0.4, 0.5) is 0 Å². The van der Waals surface area contributed by atoms with Gasteiger partial charge in [-0.25, -0.2) is 0 Å². The number of nitrogens with one attached hydrogen (secondary N) is 2. The van der Waals surface area contributed by atoms with Gasteiger partial charge < -0.3 is 10.6 Å². The predicted molar refractivity (Wildman–Crippen MR) is 107 cm³/mol. The van der Waals surface area contributed by atoms with Gasteiger partial charge in [0.1, 0.15) is 0 Å². The summed E-state index contributed by atoms with van der Waals surface area (Å²) < 4.78 is 3.05. The summed E-state index contributed by atoms with van der Waals surface area (Å²) >= 11 is 5.20. The van der Waals surface area contributed by atoms with E-state index in [0.29, 0.717) is 6.54 Å². The van der Waals surface area contributed by atoms with Gasteiger partial charge in [-0.05, 0) is 39.2 Å². The normalized spacial score (nSPS) is 11.5. The number of hydrogen-bond donors (Lipinski definition) is 2. The summed E-state index contributed by atoms with van der Waals surface area (Å²) in [6.07, 6.45) is 3.78. The van der Waals surface area contributed by atoms with E-state index >= 15 is 0 Å². The molecule has 3 aromatic rings. The first kappa shape index (κ1) is 17.7. The molecule has 0 atom stereocenters. The number of hydrogen-bond acceptors (Lipinski definition) is 3. The molecular weight excluding hydrogens is 398 g/mol. The van der Waals surface area contributed by atoms with Crippen molar-refractivity contribution in [3.8, 4) is 0 Å². The maximum atomic E-state index is 4.30. The minimum Gasteiger partial charge on any atom is -0.352 e. The summed E-state index contributed by atoms with van der Waals surface area (Å²) in [7, 11) is 1.79. The number of guanidine groups is 1. The third-order valence-electron chi connectivity index (χ3n) is 3.73. The van der Waals surface area contributed by atoms with E-state index in [1.54, 1.807) is 24.6 Å². The summed E-state index contributed by atoms with van der Waals surface area (Å²) in [5.74, 6) is 0.790. The van der Waals surface area contributed by atoms with Gasteiger partial charge in [-0.15, -0.1) is 11.3 Å². The number of aromatic nitrogens is 2. The number of thiophene rings is 1. The van der Waals surface area contributed by atoms with Gasteiger partial charge in [-0.3, -0.25) is 9.67 Å². The van der Waals surface area contributed by atoms with Crippen LogP contribution in [0.25, 0.3) is 0 Å². The molecule has 0 unspecified atom stereocenters. The standard InChI is InChI=1S/C18H20BrN5S/c1-20-18(22-11-17-9-16(19)13-25-17)21-10-14-5-2-3-6-15(14)12-24-8-4-7-23-24/h2-9,13H,10-12H2,1H3,(H2,20,21,22). The molecule has 25 heavy (non-hydrogen) atoms. The summed E-state index contributed by atoms with van der Waals surface area (Å²) in [5, 5.41) is 13.1. The summed E-state index contributed by atoms with van der Waals surface area (Å²) in [4.78, 5) is 5.56. The predicted octanol–water partition coefficient (Wildman–Crippen LogP) is 3.62. The van der Waals surface area contributed by atoms with E-state index in [-0.39, 0.29) is 0 Å². The van der Waals surface area contributed by atoms with E-state index < -0.39 is 0 Å². The van der Waals surface area contributed by atoms with Gasteiger partial charge in [0.25, 0.3) is 0 Å². The monoisotopic (exact) mass is 417 g/mol. The molecule has 2 N–H and O–H groups in total. The summed E-state index contributed by atoms with van der Waals surface area (Å²) in [5.41, 5.74) is 2.48. The smallest absolute Gasteiger partial charge is 0.191 e. The Morgan fingerprint density at radius 1 is 1.20 bits per heavy atom. The van der Waals surface area contributed by atoms with Crippen LogP contribution in [0.2, 0.25) is 0 Å². The SMILES string of the molecule is CN=C(NCc1cc(Br)cs1)NCc1ccccc1Cn1cccn1. The van der Waals surface area contributed by atoms with Crippen molar-refractivity contribution in [2.45, 2.75) is 19.6 Å². The van der Waals surface area contributed by atoms with Crippen LogP contribution in [-0.2, 0) is 19.6 Å². The lowest BCUT2D eigenvalue weighted by atomic mass is 10.1. The molecule has 7 heteroatoms. The lowest BCUT2D eigenvalue weighted by Gasteiger charge is -2.14. The molecule has 1 aromatic carbocycles. The molecule has 0 amide bonds. The molecule has 2 aromatic heterocycles. The zero-order valence-electron chi connectivity index (χ0n) is 13.9. The van der Waals surface area contributed by atoms with E-state index in [2.05, 4.69) is 72.4 Å². The first-order valence-corrected chi connectivity index (χ1v) is 9.63. The molecule has 0 saturated heterocycles. The fourth-order valence-corrected chi connectivity index (χ4v) is 3.86. The maximum absolute atomic E-state index is 4.30. The van der Waals surface area contributed by atoms with Crippen LogP contribution in [0.15, 0.2) is 63.6 Å². The molecule has 5 nitrogen and oxygen atoms in total. The Labute approximate surface area is 159 Å². The number of nitrogens with zero attached hydrogens (tertiary/aromatic N) is 3. The molecule has 0 aliphatic heterocycles. The highest BCUT2D eigenvalue weighted by atomic mass is 79.9. The Kier molecular flexibility index (Phi) is 6.25. The molecule has 0 aliphatic rings. The fraction of sp³-hybridized carbons (Fsp3) is 0.222. The molecule has 130 valence electrons. The Balaban J connectivity index is 1.58. The van der Waals surface area contributed by atoms with Crippen molar-refractivity contribution in [3.63, 3.8) is 0 Å². The van der Waals surface area contributed by atoms with Crippen LogP contribution in [0, 0.1) is 0 Å². The number of rotatable bonds is 6. The molecular formula is C18H20BrN5S. The van der Waals surface area contributed by atoms with Crippen molar-refractivity contribution in [3.05, 3.63) is 74.6 Å². The van der Waals surface area contributed by atoms with E-state index in [1.807, 2.05) is 16.9 Å². The molecule has 3 rings (SSSR count). The summed E-state index contributed by atoms with van der Waals surface area (Å²) in [6.45, 7) is 2.23. The number of benzene rings is 1. The molecule has 0 spiro atoms. The van der Waals surface area contributed by atoms with E-state index in [9.17, 15) is 0 Å². The number of aliphatic imine (C=N–C) groups is 1. The Morgan fingerprint density at radius 3 is 2.68 bits per heavy atom. The zero-order chi connectivity index (χ0) is 17.5. The minimum atomic E-state index is 0.714. The third-order valence-corrected chi connectivity index (χ3v) is 5.43. The minimum absolute atomic E-state index is 0.714. The second-order valence-corrected chi connectivity index (χ2v) is 7.39. The van der Waals surface area contributed by atoms with Gasteiger partial charge in [-0.1, -0.05) is 24.3 Å². The first-order chi connectivity index (χ1) is 12.2. The highest BCUT2D eigenvalue weighted by Gasteiger charge is 2.05. The van der Waals surface area contributed by atoms with Crippen LogP contribution in [0.3, 0.4) is 0 Å². The van der Waals surface area contributed by atoms with Crippen molar-refractivity contribution < 1.29 is 0 Å². The van der Waals surface area contributed by atoms with Crippen molar-refractivity contribution in [1.29, 1.82) is 0 Å². The van der Waals surface area contributed by atoms with Gasteiger partial charge in [0.2, 0.25) is 0 Å². The van der Waals surface area contributed by atoms with E-state index in [1.165, 1.54) is 16.0 Å². The first-order valence-electron chi connectivity index (χ1n) is 7.96. The quantitative estimate of drug-likeness (QED) is 0.475. The van der Waals surface area contributed by atoms with Crippen molar-refractivity contribution in [1.82, 2.24) is 20.4 Å². The van der Waals surface area contributed by atoms with Crippen LogP contribution >= 0.6 is 27.3 Å². The van der Waals surface area contributed by atoms with Crippen LogP contribution in [-0.4, -0.2) is 22.8 Å². The fourth-order valence-electron chi connectivity index (χ4n) is 2.47. The van der Waals surface area contributed by atoms with Crippen LogP contribution in [0.5, 0.6) is 0 Å². The molecule has 0 radical (unpaired) electrons. The Morgan fingerprint density at radius 2 is 2.00 bits per heavy atom. The lowest BCUT2D eigenvalue weighted by Crippen LogP contribution is -2.36. The van der Waals surface area contributed by atoms with Crippen LogP contribution in [0.1, 0.15) is 16.0 Å². The topological polar surface area (TPSA) is 54.2 Å². The maximum Gasteiger partial charge on any atom is 0.191 e. The average Bonchev–Trinajstić information content (AvgIpc) is 3.28. The lowest BCUT2D eigenvalue weighted by molar-refractivity contribution is 0.677. The highest BCUT2D eigenvalue weighted by molar-refractivity contribution is 9.10. The Bertz CT molecular complexity index is 826. The second kappa shape index (κ2) is 8.82. The van der Waals surface area contributed by atoms with Crippen LogP contribution < -0.4 is 10.6 Å². The van der Waals surface area contributed by atoms with Gasteiger partial charge in [0.05, 0.1) is 13.1 Å². The zero-order valence-corrected chi connectivity index (χ0v) is 16.3. The van der Waals surface area contributed by atoms with Gasteiger partial charge in [0.15, 0.2) is 5.96 Å².